The summed E-state index contributed by atoms with van der Waals surface area (Å²) in [6, 6.07) is 1.33. The standard InChI is InChI=1S/C28H45N9O9/c1-3-15(2)23(37-24(43)18(29)11-16-6-8-17(39)9-7-16)27(46)33-12-21(40)35-20(14-38)26(45)36-19(5-4-10-32-28(30)31)25(44)34-13-22(41)42/h6-9,15,18-20,23,38-39H,3-5,10-14,29H2,1-2H3,(H,33,46)(H,34,44)(H,35,40)(H,36,45)(H,37,43)(H,41,42)(H4,30,31,32)/t15-,18-,19-,20-,23-/m0/s1. The first kappa shape index (κ1) is 39.1. The number of aliphatic imine (C=N–C) groups is 1. The Bertz CT molecular complexity index is 1220. The van der Waals surface area contributed by atoms with Crippen LogP contribution < -0.4 is 43.8 Å². The number of benzene rings is 1. The Morgan fingerprint density at radius 3 is 2.07 bits per heavy atom. The molecule has 0 spiro atoms. The first-order chi connectivity index (χ1) is 21.7. The topological polar surface area (TPSA) is 314 Å². The summed E-state index contributed by atoms with van der Waals surface area (Å²) >= 11 is 0. The Balaban J connectivity index is 2.79. The molecule has 0 aliphatic rings. The molecule has 18 heteroatoms. The van der Waals surface area contributed by atoms with Crippen LogP contribution in [0.1, 0.15) is 38.7 Å². The summed E-state index contributed by atoms with van der Waals surface area (Å²) in [5, 5.41) is 39.7. The molecule has 5 amide bonds. The minimum Gasteiger partial charge on any atom is -0.508 e. The largest absolute Gasteiger partial charge is 0.508 e. The van der Waals surface area contributed by atoms with Crippen molar-refractivity contribution < 1.29 is 44.1 Å². The molecule has 14 N–H and O–H groups in total. The summed E-state index contributed by atoms with van der Waals surface area (Å²) in [5.41, 5.74) is 17.3. The van der Waals surface area contributed by atoms with Crippen LogP contribution in [0.15, 0.2) is 29.3 Å². The van der Waals surface area contributed by atoms with Crippen LogP contribution in [-0.4, -0.2) is 107 Å². The van der Waals surface area contributed by atoms with E-state index in [1.54, 1.807) is 26.0 Å². The van der Waals surface area contributed by atoms with E-state index in [0.717, 1.165) is 0 Å². The molecular formula is C28H45N9O9. The van der Waals surface area contributed by atoms with Crippen molar-refractivity contribution in [3.63, 3.8) is 0 Å². The highest BCUT2D eigenvalue weighted by atomic mass is 16.4. The van der Waals surface area contributed by atoms with Gasteiger partial charge in [0.25, 0.3) is 0 Å². The first-order valence-corrected chi connectivity index (χ1v) is 14.5. The molecule has 46 heavy (non-hydrogen) atoms. The number of phenolic OH excluding ortho intramolecular Hbond substituents is 1. The van der Waals surface area contributed by atoms with Gasteiger partial charge in [0.15, 0.2) is 5.96 Å². The van der Waals surface area contributed by atoms with Gasteiger partial charge >= 0.3 is 5.97 Å². The summed E-state index contributed by atoms with van der Waals surface area (Å²) < 4.78 is 0. The number of nitrogens with zero attached hydrogens (tertiary/aromatic N) is 1. The Kier molecular flexibility index (Phi) is 17.1. The van der Waals surface area contributed by atoms with E-state index < -0.39 is 79.4 Å². The number of carbonyl (C=O) groups excluding carboxylic acids is 5. The van der Waals surface area contributed by atoms with Gasteiger partial charge in [0.05, 0.1) is 19.2 Å². The van der Waals surface area contributed by atoms with E-state index in [4.69, 9.17) is 22.3 Å². The number of aliphatic hydroxyl groups is 1. The number of aliphatic hydroxyl groups excluding tert-OH is 1. The second kappa shape index (κ2) is 20.1. The number of aromatic hydroxyl groups is 1. The van der Waals surface area contributed by atoms with Gasteiger partial charge in [-0.1, -0.05) is 32.4 Å². The summed E-state index contributed by atoms with van der Waals surface area (Å²) in [6.45, 7) is 1.45. The van der Waals surface area contributed by atoms with Gasteiger partial charge in [-0.05, 0) is 42.9 Å². The van der Waals surface area contributed by atoms with Crippen LogP contribution in [0.25, 0.3) is 0 Å². The number of carbonyl (C=O) groups is 6. The highest BCUT2D eigenvalue weighted by Gasteiger charge is 2.30. The third-order valence-corrected chi connectivity index (χ3v) is 6.77. The normalized spacial score (nSPS) is 13.9. The van der Waals surface area contributed by atoms with Gasteiger partial charge in [-0.15, -0.1) is 0 Å². The molecule has 0 unspecified atom stereocenters. The van der Waals surface area contributed by atoms with Crippen molar-refractivity contribution >= 4 is 41.5 Å². The lowest BCUT2D eigenvalue weighted by molar-refractivity contribution is -0.138. The highest BCUT2D eigenvalue weighted by molar-refractivity contribution is 5.95. The van der Waals surface area contributed by atoms with Crippen LogP contribution in [0.3, 0.4) is 0 Å². The molecule has 0 aliphatic heterocycles. The number of hydrogen-bond acceptors (Lipinski definition) is 10. The highest BCUT2D eigenvalue weighted by Crippen LogP contribution is 2.12. The van der Waals surface area contributed by atoms with Crippen molar-refractivity contribution in [2.75, 3.05) is 26.2 Å². The maximum Gasteiger partial charge on any atom is 0.322 e. The molecule has 18 nitrogen and oxygen atoms in total. The lowest BCUT2D eigenvalue weighted by atomic mass is 9.97. The Hall–Kier alpha value is -4.97. The van der Waals surface area contributed by atoms with Crippen LogP contribution >= 0.6 is 0 Å². The fourth-order valence-electron chi connectivity index (χ4n) is 3.99. The fourth-order valence-corrected chi connectivity index (χ4v) is 3.99. The predicted molar refractivity (Wildman–Crippen MR) is 166 cm³/mol. The van der Waals surface area contributed by atoms with Gasteiger partial charge in [0, 0.05) is 6.54 Å². The molecule has 5 atom stereocenters. The van der Waals surface area contributed by atoms with E-state index in [0.29, 0.717) is 12.0 Å². The minimum atomic E-state index is -1.53. The van der Waals surface area contributed by atoms with E-state index >= 15 is 0 Å². The Morgan fingerprint density at radius 1 is 0.870 bits per heavy atom. The lowest BCUT2D eigenvalue weighted by Crippen LogP contribution is -2.57. The molecule has 0 bridgehead atoms. The minimum absolute atomic E-state index is 0.00254. The van der Waals surface area contributed by atoms with Crippen LogP contribution in [0, 0.1) is 5.92 Å². The first-order valence-electron chi connectivity index (χ1n) is 14.5. The Morgan fingerprint density at radius 2 is 1.50 bits per heavy atom. The van der Waals surface area contributed by atoms with Gasteiger partial charge < -0.3 is 59.1 Å². The van der Waals surface area contributed by atoms with Gasteiger partial charge in [-0.2, -0.15) is 0 Å². The summed E-state index contributed by atoms with van der Waals surface area (Å²) in [4.78, 5) is 78.2. The molecule has 0 aliphatic carbocycles. The van der Waals surface area contributed by atoms with E-state index in [-0.39, 0.29) is 43.4 Å². The molecule has 0 saturated heterocycles. The molecule has 1 aromatic rings. The number of nitrogens with two attached hydrogens (primary N) is 3. The lowest BCUT2D eigenvalue weighted by Gasteiger charge is -2.25. The molecular weight excluding hydrogens is 606 g/mol. The number of phenols is 1. The molecule has 0 radical (unpaired) electrons. The number of aliphatic carboxylic acids is 1. The summed E-state index contributed by atoms with van der Waals surface area (Å²) in [6.07, 6.45) is 0.864. The average molecular weight is 652 g/mol. The molecule has 256 valence electrons. The quantitative estimate of drug-likeness (QED) is 0.0366. The zero-order chi connectivity index (χ0) is 34.8. The third kappa shape index (κ3) is 14.7. The molecule has 1 aromatic carbocycles. The second-order valence-electron chi connectivity index (χ2n) is 10.5. The zero-order valence-electron chi connectivity index (χ0n) is 25.8. The van der Waals surface area contributed by atoms with E-state index in [1.807, 2.05) is 0 Å². The predicted octanol–water partition coefficient (Wildman–Crippen LogP) is -3.87. The molecule has 0 heterocycles. The van der Waals surface area contributed by atoms with Gasteiger partial charge in [0.2, 0.25) is 29.5 Å². The maximum absolute atomic E-state index is 13.0. The van der Waals surface area contributed by atoms with Crippen LogP contribution in [0.4, 0.5) is 0 Å². The van der Waals surface area contributed by atoms with Crippen molar-refractivity contribution in [3.05, 3.63) is 29.8 Å². The van der Waals surface area contributed by atoms with Crippen LogP contribution in [-0.2, 0) is 35.2 Å². The molecule has 1 rings (SSSR count). The average Bonchev–Trinajstić information content (AvgIpc) is 3.01. The molecule has 0 saturated carbocycles. The second-order valence-corrected chi connectivity index (χ2v) is 10.5. The van der Waals surface area contributed by atoms with Gasteiger partial charge in [-0.25, -0.2) is 0 Å². The monoisotopic (exact) mass is 651 g/mol. The van der Waals surface area contributed by atoms with Gasteiger partial charge in [-0.3, -0.25) is 33.8 Å². The SMILES string of the molecule is CC[C@H](C)[C@H](NC(=O)[C@@H](N)Cc1ccc(O)cc1)C(=O)NCC(=O)N[C@@H](CO)C(=O)N[C@@H](CCCN=C(N)N)C(=O)NCC(=O)O. The zero-order valence-corrected chi connectivity index (χ0v) is 25.8. The maximum atomic E-state index is 13.0. The van der Waals surface area contributed by atoms with Crippen molar-refractivity contribution in [1.29, 1.82) is 0 Å². The molecule has 0 aromatic heterocycles. The van der Waals surface area contributed by atoms with Crippen molar-refractivity contribution in [3.8, 4) is 5.75 Å². The number of nitrogens with one attached hydrogen (secondary N) is 5. The van der Waals surface area contributed by atoms with Gasteiger partial charge in [0.1, 0.15) is 30.4 Å². The smallest absolute Gasteiger partial charge is 0.322 e. The van der Waals surface area contributed by atoms with E-state index in [2.05, 4.69) is 31.6 Å². The van der Waals surface area contributed by atoms with Crippen molar-refractivity contribution in [2.45, 2.75) is 63.7 Å². The number of carboxylic acids is 1. The fraction of sp³-hybridized carbons (Fsp3) is 0.536. The van der Waals surface area contributed by atoms with E-state index in [1.165, 1.54) is 12.1 Å². The number of amides is 5. The molecule has 0 fully saturated rings. The number of rotatable bonds is 20. The van der Waals surface area contributed by atoms with Crippen molar-refractivity contribution in [2.24, 2.45) is 28.1 Å². The van der Waals surface area contributed by atoms with Crippen molar-refractivity contribution in [1.82, 2.24) is 26.6 Å². The summed E-state index contributed by atoms with van der Waals surface area (Å²) in [7, 11) is 0. The summed E-state index contributed by atoms with van der Waals surface area (Å²) in [5.74, 6) is -5.70. The number of hydrogen-bond donors (Lipinski definition) is 11. The number of guanidine groups is 1. The third-order valence-electron chi connectivity index (χ3n) is 6.77. The van der Waals surface area contributed by atoms with E-state index in [9.17, 15) is 39.0 Å². The van der Waals surface area contributed by atoms with Crippen LogP contribution in [0.2, 0.25) is 0 Å². The number of carboxylic acid groups (broad SMARTS) is 1. The Labute approximate surface area is 265 Å². The van der Waals surface area contributed by atoms with Crippen LogP contribution in [0.5, 0.6) is 5.75 Å².